The van der Waals surface area contributed by atoms with Crippen molar-refractivity contribution in [1.82, 2.24) is 9.78 Å². The molecule has 22 heavy (non-hydrogen) atoms. The molecular formula is C17H14N2O2S. The molecule has 1 N–H and O–H groups in total. The molecule has 0 unspecified atom stereocenters. The van der Waals surface area contributed by atoms with Crippen molar-refractivity contribution in [2.45, 2.75) is 19.8 Å². The van der Waals surface area contributed by atoms with Crippen LogP contribution in [-0.4, -0.2) is 20.9 Å². The summed E-state index contributed by atoms with van der Waals surface area (Å²) in [5.41, 5.74) is 5.42. The molecule has 0 fully saturated rings. The Bertz CT molecular complexity index is 878. The highest BCUT2D eigenvalue weighted by atomic mass is 32.1. The van der Waals surface area contributed by atoms with Crippen LogP contribution in [-0.2, 0) is 12.8 Å². The van der Waals surface area contributed by atoms with Gasteiger partial charge in [-0.3, -0.25) is 0 Å². The minimum absolute atomic E-state index is 0.407. The molecule has 1 aliphatic carbocycles. The summed E-state index contributed by atoms with van der Waals surface area (Å²) in [7, 11) is 0. The van der Waals surface area contributed by atoms with E-state index in [1.54, 1.807) is 0 Å². The number of fused-ring (bicyclic) bond motifs is 3. The number of aryl methyl sites for hydroxylation is 2. The van der Waals surface area contributed by atoms with Gasteiger partial charge in [0.1, 0.15) is 4.88 Å². The van der Waals surface area contributed by atoms with Gasteiger partial charge in [-0.1, -0.05) is 18.2 Å². The Morgan fingerprint density at radius 3 is 2.77 bits per heavy atom. The fourth-order valence-electron chi connectivity index (χ4n) is 3.07. The molecule has 4 nitrogen and oxygen atoms in total. The van der Waals surface area contributed by atoms with E-state index < -0.39 is 5.97 Å². The summed E-state index contributed by atoms with van der Waals surface area (Å²) < 4.78 is 1.99. The SMILES string of the molecule is Cc1nn(-c2ccccc2)c2c1-c1sc(C(=O)O)cc1CC2. The maximum atomic E-state index is 11.2. The van der Waals surface area contributed by atoms with Gasteiger partial charge >= 0.3 is 5.97 Å². The zero-order valence-corrected chi connectivity index (χ0v) is 12.9. The van der Waals surface area contributed by atoms with Gasteiger partial charge in [0.15, 0.2) is 0 Å². The van der Waals surface area contributed by atoms with Gasteiger partial charge in [0.05, 0.1) is 17.1 Å². The quantitative estimate of drug-likeness (QED) is 0.785. The van der Waals surface area contributed by atoms with Crippen molar-refractivity contribution in [2.75, 3.05) is 0 Å². The number of carbonyl (C=O) groups is 1. The van der Waals surface area contributed by atoms with Crippen LogP contribution in [0.15, 0.2) is 36.4 Å². The fourth-order valence-corrected chi connectivity index (χ4v) is 4.24. The molecule has 0 saturated carbocycles. The molecule has 1 aliphatic rings. The third-order valence-corrected chi connectivity index (χ3v) is 5.22. The van der Waals surface area contributed by atoms with Gasteiger partial charge in [0.25, 0.3) is 0 Å². The lowest BCUT2D eigenvalue weighted by Crippen LogP contribution is -2.07. The second kappa shape index (κ2) is 4.81. The Morgan fingerprint density at radius 1 is 1.27 bits per heavy atom. The van der Waals surface area contributed by atoms with Crippen molar-refractivity contribution in [3.63, 3.8) is 0 Å². The summed E-state index contributed by atoms with van der Waals surface area (Å²) >= 11 is 1.36. The number of rotatable bonds is 2. The number of carboxylic acid groups (broad SMARTS) is 1. The summed E-state index contributed by atoms with van der Waals surface area (Å²) in [6.45, 7) is 1.99. The van der Waals surface area contributed by atoms with Crippen LogP contribution in [0.25, 0.3) is 16.1 Å². The van der Waals surface area contributed by atoms with Gasteiger partial charge in [-0.15, -0.1) is 11.3 Å². The number of thiophene rings is 1. The summed E-state index contributed by atoms with van der Waals surface area (Å²) in [6, 6.07) is 11.9. The highest BCUT2D eigenvalue weighted by Crippen LogP contribution is 2.42. The molecule has 0 aliphatic heterocycles. The third-order valence-electron chi connectivity index (χ3n) is 4.03. The van der Waals surface area contributed by atoms with Crippen molar-refractivity contribution < 1.29 is 9.90 Å². The standard InChI is InChI=1S/C17H14N2O2S/c1-10-15-13(19(18-10)12-5-3-2-4-6-12)8-7-11-9-14(17(20)21)22-16(11)15/h2-6,9H,7-8H2,1H3,(H,20,21). The van der Waals surface area contributed by atoms with E-state index in [0.717, 1.165) is 40.2 Å². The molecule has 0 bridgehead atoms. The molecular weight excluding hydrogens is 296 g/mol. The molecule has 4 rings (SSSR count). The predicted molar refractivity (Wildman–Crippen MR) is 86.0 cm³/mol. The largest absolute Gasteiger partial charge is 0.477 e. The van der Waals surface area contributed by atoms with Crippen LogP contribution in [0, 0.1) is 6.92 Å². The third kappa shape index (κ3) is 1.89. The van der Waals surface area contributed by atoms with Gasteiger partial charge in [-0.05, 0) is 43.5 Å². The van der Waals surface area contributed by atoms with Crippen molar-refractivity contribution in [1.29, 1.82) is 0 Å². The molecule has 110 valence electrons. The van der Waals surface area contributed by atoms with Crippen molar-refractivity contribution >= 4 is 17.3 Å². The van der Waals surface area contributed by atoms with E-state index in [1.807, 2.05) is 48.0 Å². The molecule has 1 aromatic carbocycles. The number of aromatic nitrogens is 2. The van der Waals surface area contributed by atoms with Crippen LogP contribution in [0.1, 0.15) is 26.6 Å². The topological polar surface area (TPSA) is 55.1 Å². The second-order valence-electron chi connectivity index (χ2n) is 5.42. The summed E-state index contributed by atoms with van der Waals surface area (Å²) in [6.07, 6.45) is 1.75. The number of hydrogen-bond donors (Lipinski definition) is 1. The van der Waals surface area contributed by atoms with Gasteiger partial charge in [0, 0.05) is 10.4 Å². The zero-order valence-electron chi connectivity index (χ0n) is 12.0. The molecule has 5 heteroatoms. The van der Waals surface area contributed by atoms with E-state index >= 15 is 0 Å². The van der Waals surface area contributed by atoms with Gasteiger partial charge in [-0.25, -0.2) is 9.48 Å². The monoisotopic (exact) mass is 310 g/mol. The average molecular weight is 310 g/mol. The van der Waals surface area contributed by atoms with Gasteiger partial charge < -0.3 is 5.11 Å². The summed E-state index contributed by atoms with van der Waals surface area (Å²) in [5, 5.41) is 13.9. The normalized spacial score (nSPS) is 12.8. The first kappa shape index (κ1) is 13.3. The maximum absolute atomic E-state index is 11.2. The Labute approximate surface area is 131 Å². The highest BCUT2D eigenvalue weighted by Gasteiger charge is 2.27. The lowest BCUT2D eigenvalue weighted by molar-refractivity contribution is 0.0702. The molecule has 0 amide bonds. The molecule has 3 aromatic rings. The van der Waals surface area contributed by atoms with E-state index in [9.17, 15) is 9.90 Å². The van der Waals surface area contributed by atoms with E-state index in [0.29, 0.717) is 4.88 Å². The Morgan fingerprint density at radius 2 is 2.05 bits per heavy atom. The minimum atomic E-state index is -0.853. The Kier molecular flexibility index (Phi) is 2.90. The smallest absolute Gasteiger partial charge is 0.345 e. The average Bonchev–Trinajstić information content (AvgIpc) is 3.09. The number of hydrogen-bond acceptors (Lipinski definition) is 3. The van der Waals surface area contributed by atoms with E-state index in [-0.39, 0.29) is 0 Å². The lowest BCUT2D eigenvalue weighted by Gasteiger charge is -2.14. The fraction of sp³-hybridized carbons (Fsp3) is 0.176. The first-order valence-corrected chi connectivity index (χ1v) is 7.97. The van der Waals surface area contributed by atoms with E-state index in [2.05, 4.69) is 0 Å². The number of carboxylic acids is 1. The number of benzene rings is 1. The van der Waals surface area contributed by atoms with Crippen LogP contribution in [0.2, 0.25) is 0 Å². The van der Waals surface area contributed by atoms with Crippen molar-refractivity contribution in [3.8, 4) is 16.1 Å². The van der Waals surface area contributed by atoms with Crippen LogP contribution in [0.5, 0.6) is 0 Å². The van der Waals surface area contributed by atoms with Crippen LogP contribution >= 0.6 is 11.3 Å². The molecule has 0 radical (unpaired) electrons. The number of para-hydroxylation sites is 1. The summed E-state index contributed by atoms with van der Waals surface area (Å²) in [5.74, 6) is -0.853. The first-order chi connectivity index (χ1) is 10.6. The maximum Gasteiger partial charge on any atom is 0.345 e. The van der Waals surface area contributed by atoms with Gasteiger partial charge in [0.2, 0.25) is 0 Å². The highest BCUT2D eigenvalue weighted by molar-refractivity contribution is 7.17. The lowest BCUT2D eigenvalue weighted by atomic mass is 9.95. The minimum Gasteiger partial charge on any atom is -0.477 e. The molecule has 0 saturated heterocycles. The van der Waals surface area contributed by atoms with Crippen molar-refractivity contribution in [3.05, 3.63) is 58.2 Å². The molecule has 2 heterocycles. The zero-order chi connectivity index (χ0) is 15.3. The van der Waals surface area contributed by atoms with E-state index in [4.69, 9.17) is 5.10 Å². The van der Waals surface area contributed by atoms with Crippen LogP contribution in [0.3, 0.4) is 0 Å². The first-order valence-electron chi connectivity index (χ1n) is 7.15. The van der Waals surface area contributed by atoms with Crippen LogP contribution < -0.4 is 0 Å². The number of aromatic carboxylic acids is 1. The molecule has 2 aromatic heterocycles. The van der Waals surface area contributed by atoms with Crippen molar-refractivity contribution in [2.24, 2.45) is 0 Å². The van der Waals surface area contributed by atoms with Gasteiger partial charge in [-0.2, -0.15) is 5.10 Å². The number of nitrogens with zero attached hydrogens (tertiary/aromatic N) is 2. The Hall–Kier alpha value is -2.40. The second-order valence-corrected chi connectivity index (χ2v) is 6.48. The molecule has 0 atom stereocenters. The summed E-state index contributed by atoms with van der Waals surface area (Å²) in [4.78, 5) is 12.7. The molecule has 0 spiro atoms. The predicted octanol–water partition coefficient (Wildman–Crippen LogP) is 3.71. The van der Waals surface area contributed by atoms with Crippen LogP contribution in [0.4, 0.5) is 0 Å². The van der Waals surface area contributed by atoms with E-state index in [1.165, 1.54) is 17.0 Å². The Balaban J connectivity index is 1.92.